The number of ether oxygens (including phenoxy) is 2. The molecule has 210 valence electrons. The molecule has 0 aliphatic heterocycles. The van der Waals surface area contributed by atoms with Crippen LogP contribution in [0.2, 0.25) is 0 Å². The monoisotopic (exact) mass is 581 g/mol. The van der Waals surface area contributed by atoms with E-state index in [-0.39, 0.29) is 23.0 Å². The summed E-state index contributed by atoms with van der Waals surface area (Å²) in [5, 5.41) is 0. The van der Waals surface area contributed by atoms with Crippen molar-refractivity contribution in [3.05, 3.63) is 94.3 Å². The number of rotatable bonds is 10. The Morgan fingerprint density at radius 1 is 0.975 bits per heavy atom. The number of benzene rings is 3. The zero-order valence-corrected chi connectivity index (χ0v) is 24.4. The molecule has 1 amide bonds. The van der Waals surface area contributed by atoms with Crippen LogP contribution in [0.4, 0.5) is 0 Å². The average molecular weight is 582 g/mol. The molecule has 0 N–H and O–H groups in total. The summed E-state index contributed by atoms with van der Waals surface area (Å²) in [6.07, 6.45) is 0. The number of esters is 1. The number of aromatic nitrogens is 1. The van der Waals surface area contributed by atoms with Crippen molar-refractivity contribution in [2.75, 3.05) is 20.8 Å². The Hall–Kier alpha value is -3.64. The van der Waals surface area contributed by atoms with Crippen LogP contribution in [0, 0.1) is 0 Å². The maximum atomic E-state index is 13.5. The molecule has 3 aromatic carbocycles. The number of hydrogen-bond acceptors (Lipinski definition) is 7. The van der Waals surface area contributed by atoms with Crippen LogP contribution in [0.15, 0.2) is 82.7 Å². The molecule has 0 atom stereocenters. The molecule has 0 saturated carbocycles. The Bertz CT molecular complexity index is 1670. The minimum absolute atomic E-state index is 0.0982. The molecule has 1 aromatic heterocycles. The van der Waals surface area contributed by atoms with E-state index >= 15 is 0 Å². The molecule has 4 aromatic rings. The molecule has 0 saturated heterocycles. The van der Waals surface area contributed by atoms with Gasteiger partial charge in [0.25, 0.3) is 5.91 Å². The summed E-state index contributed by atoms with van der Waals surface area (Å²) in [4.78, 5) is 30.0. The van der Waals surface area contributed by atoms with E-state index in [2.05, 4.69) is 4.99 Å². The lowest BCUT2D eigenvalue weighted by Gasteiger charge is -2.26. The topological polar surface area (TPSA) is 107 Å². The van der Waals surface area contributed by atoms with E-state index in [0.717, 1.165) is 15.8 Å². The van der Waals surface area contributed by atoms with Crippen molar-refractivity contribution in [2.24, 2.45) is 4.99 Å². The van der Waals surface area contributed by atoms with Crippen LogP contribution >= 0.6 is 11.3 Å². The number of carbonyl (C=O) groups is 2. The van der Waals surface area contributed by atoms with Crippen molar-refractivity contribution in [3.8, 4) is 0 Å². The number of thiazole rings is 1. The van der Waals surface area contributed by atoms with Gasteiger partial charge in [0.15, 0.2) is 4.80 Å². The number of hydrogen-bond donors (Lipinski definition) is 0. The minimum atomic E-state index is -3.81. The van der Waals surface area contributed by atoms with Crippen LogP contribution in [0.1, 0.15) is 40.1 Å². The normalized spacial score (nSPS) is 12.4. The van der Waals surface area contributed by atoms with Crippen LogP contribution in [0.3, 0.4) is 0 Å². The van der Waals surface area contributed by atoms with Gasteiger partial charge in [0.1, 0.15) is 0 Å². The van der Waals surface area contributed by atoms with Gasteiger partial charge in [0.05, 0.1) is 34.4 Å². The molecule has 0 bridgehead atoms. The van der Waals surface area contributed by atoms with Gasteiger partial charge in [0, 0.05) is 31.8 Å². The summed E-state index contributed by atoms with van der Waals surface area (Å²) in [5.74, 6) is -0.969. The molecule has 0 aliphatic carbocycles. The fourth-order valence-corrected chi connectivity index (χ4v) is 6.89. The van der Waals surface area contributed by atoms with Crippen LogP contribution in [-0.4, -0.2) is 56.0 Å². The Morgan fingerprint density at radius 2 is 1.65 bits per heavy atom. The van der Waals surface area contributed by atoms with Crippen LogP contribution in [0.25, 0.3) is 10.2 Å². The summed E-state index contributed by atoms with van der Waals surface area (Å²) in [7, 11) is -0.905. The second-order valence-corrected chi connectivity index (χ2v) is 12.2. The first kappa shape index (κ1) is 29.3. The van der Waals surface area contributed by atoms with Crippen molar-refractivity contribution >= 4 is 43.5 Å². The fraction of sp³-hybridized carbons (Fsp3) is 0.276. The first-order valence-corrected chi connectivity index (χ1v) is 14.9. The molecule has 0 aliphatic rings. The highest BCUT2D eigenvalue weighted by Gasteiger charge is 2.27. The third-order valence-electron chi connectivity index (χ3n) is 6.29. The highest BCUT2D eigenvalue weighted by Crippen LogP contribution is 2.23. The first-order chi connectivity index (χ1) is 19.1. The lowest BCUT2D eigenvalue weighted by molar-refractivity contribution is 0.0600. The van der Waals surface area contributed by atoms with E-state index in [1.165, 1.54) is 47.0 Å². The predicted octanol–water partition coefficient (Wildman–Crippen LogP) is 4.48. The van der Waals surface area contributed by atoms with Gasteiger partial charge in [-0.1, -0.05) is 41.7 Å². The Labute approximate surface area is 237 Å². The second-order valence-electron chi connectivity index (χ2n) is 9.27. The SMILES string of the molecule is COCCn1c(=NC(=O)c2ccc(S(=O)(=O)N(Cc3ccccc3)C(C)C)cc2)sc2cc(C(=O)OC)ccc21. The predicted molar refractivity (Wildman–Crippen MR) is 154 cm³/mol. The number of fused-ring (bicyclic) bond motifs is 1. The highest BCUT2D eigenvalue weighted by molar-refractivity contribution is 7.89. The van der Waals surface area contributed by atoms with E-state index in [9.17, 15) is 18.0 Å². The number of methoxy groups -OCH3 is 2. The molecule has 0 fully saturated rings. The lowest BCUT2D eigenvalue weighted by Crippen LogP contribution is -2.36. The zero-order valence-electron chi connectivity index (χ0n) is 22.7. The molecule has 0 radical (unpaired) electrons. The number of sulfonamides is 1. The summed E-state index contributed by atoms with van der Waals surface area (Å²) in [5.41, 5.74) is 2.33. The quantitative estimate of drug-likeness (QED) is 0.256. The maximum Gasteiger partial charge on any atom is 0.337 e. The van der Waals surface area contributed by atoms with E-state index in [1.807, 2.05) is 48.7 Å². The smallest absolute Gasteiger partial charge is 0.337 e. The van der Waals surface area contributed by atoms with Gasteiger partial charge in [-0.05, 0) is 61.9 Å². The van der Waals surface area contributed by atoms with E-state index in [4.69, 9.17) is 9.47 Å². The molecule has 4 rings (SSSR count). The van der Waals surface area contributed by atoms with Gasteiger partial charge >= 0.3 is 5.97 Å². The van der Waals surface area contributed by atoms with Gasteiger partial charge in [-0.15, -0.1) is 0 Å². The Kier molecular flexibility index (Phi) is 9.31. The van der Waals surface area contributed by atoms with Crippen molar-refractivity contribution in [1.82, 2.24) is 8.87 Å². The van der Waals surface area contributed by atoms with Crippen LogP contribution in [0.5, 0.6) is 0 Å². The van der Waals surface area contributed by atoms with Gasteiger partial charge < -0.3 is 14.0 Å². The lowest BCUT2D eigenvalue weighted by atomic mass is 10.2. The molecule has 1 heterocycles. The largest absolute Gasteiger partial charge is 0.465 e. The number of amides is 1. The third kappa shape index (κ3) is 6.39. The van der Waals surface area contributed by atoms with Crippen molar-refractivity contribution in [1.29, 1.82) is 0 Å². The molecule has 0 spiro atoms. The van der Waals surface area contributed by atoms with Crippen molar-refractivity contribution in [3.63, 3.8) is 0 Å². The molecule has 9 nitrogen and oxygen atoms in total. The summed E-state index contributed by atoms with van der Waals surface area (Å²) >= 11 is 1.26. The van der Waals surface area contributed by atoms with Crippen LogP contribution in [-0.2, 0) is 32.6 Å². The van der Waals surface area contributed by atoms with E-state index < -0.39 is 21.9 Å². The van der Waals surface area contributed by atoms with Crippen LogP contribution < -0.4 is 4.80 Å². The van der Waals surface area contributed by atoms with Gasteiger partial charge in [-0.3, -0.25) is 4.79 Å². The highest BCUT2D eigenvalue weighted by atomic mass is 32.2. The van der Waals surface area contributed by atoms with Crippen molar-refractivity contribution < 1.29 is 27.5 Å². The van der Waals surface area contributed by atoms with Crippen molar-refractivity contribution in [2.45, 2.75) is 37.9 Å². The number of nitrogens with zero attached hydrogens (tertiary/aromatic N) is 3. The molecule has 11 heteroatoms. The standard InChI is InChI=1S/C29H31N3O6S2/c1-20(2)32(19-21-8-6-5-7-9-21)40(35,36)24-13-10-22(11-14-24)27(33)30-29-31(16-17-37-3)25-15-12-23(28(34)38-4)18-26(25)39-29/h5-15,18,20H,16-17,19H2,1-4H3. The molecule has 40 heavy (non-hydrogen) atoms. The number of carbonyl (C=O) groups excluding carboxylic acids is 2. The van der Waals surface area contributed by atoms with Gasteiger partial charge in [0.2, 0.25) is 10.0 Å². The van der Waals surface area contributed by atoms with E-state index in [1.54, 1.807) is 25.3 Å². The van der Waals surface area contributed by atoms with Gasteiger partial charge in [-0.2, -0.15) is 9.30 Å². The second kappa shape index (κ2) is 12.7. The summed E-state index contributed by atoms with van der Waals surface area (Å²) < 4.78 is 41.0. The van der Waals surface area contributed by atoms with Gasteiger partial charge in [-0.25, -0.2) is 13.2 Å². The first-order valence-electron chi connectivity index (χ1n) is 12.6. The minimum Gasteiger partial charge on any atom is -0.465 e. The van der Waals surface area contributed by atoms with E-state index in [0.29, 0.717) is 23.5 Å². The summed E-state index contributed by atoms with van der Waals surface area (Å²) in [6, 6.07) is 20.1. The average Bonchev–Trinajstić information content (AvgIpc) is 3.30. The maximum absolute atomic E-state index is 13.5. The Balaban J connectivity index is 1.65. The Morgan fingerprint density at radius 3 is 2.27 bits per heavy atom. The third-order valence-corrected chi connectivity index (χ3v) is 9.36. The molecular weight excluding hydrogens is 550 g/mol. The molecule has 0 unspecified atom stereocenters. The fourth-order valence-electron chi connectivity index (χ4n) is 4.17. The molecular formula is C29H31N3O6S2. The zero-order chi connectivity index (χ0) is 28.9. The summed E-state index contributed by atoms with van der Waals surface area (Å²) in [6.45, 7) is 4.74.